The Morgan fingerprint density at radius 3 is 2.24 bits per heavy atom. The fourth-order valence-electron chi connectivity index (χ4n) is 3.82. The van der Waals surface area contributed by atoms with Crippen molar-refractivity contribution in [3.63, 3.8) is 0 Å². The second kappa shape index (κ2) is 7.79. The van der Waals surface area contributed by atoms with Gasteiger partial charge in [-0.1, -0.05) is 11.6 Å². The molecule has 0 radical (unpaired) electrons. The molecule has 0 fully saturated rings. The Bertz CT molecular complexity index is 1030. The van der Waals surface area contributed by atoms with E-state index in [1.807, 2.05) is 41.1 Å². The van der Waals surface area contributed by atoms with Crippen molar-refractivity contribution >= 4 is 17.4 Å². The zero-order valence-electron chi connectivity index (χ0n) is 16.4. The van der Waals surface area contributed by atoms with Crippen molar-refractivity contribution in [3.05, 3.63) is 64.4 Å². The van der Waals surface area contributed by atoms with Crippen LogP contribution in [0.1, 0.15) is 34.0 Å². The summed E-state index contributed by atoms with van der Waals surface area (Å²) in [4.78, 5) is 12.8. The molecule has 0 unspecified atom stereocenters. The number of nitrogens with zero attached hydrogens (tertiary/aromatic N) is 2. The molecule has 4 rings (SSSR count). The van der Waals surface area contributed by atoms with Crippen LogP contribution in [0.15, 0.2) is 42.6 Å². The minimum absolute atomic E-state index is 0.0218. The fraction of sp³-hybridized carbons (Fsp3) is 0.273. The van der Waals surface area contributed by atoms with Crippen LogP contribution in [-0.4, -0.2) is 36.9 Å². The molecular weight excluding hydrogens is 392 g/mol. The Balaban J connectivity index is 1.75. The first kappa shape index (κ1) is 19.3. The van der Waals surface area contributed by atoms with Gasteiger partial charge in [0, 0.05) is 11.4 Å². The number of fused-ring (bicyclic) bond motifs is 1. The highest BCUT2D eigenvalue weighted by Gasteiger charge is 2.31. The topological polar surface area (TPSA) is 62.6 Å². The highest BCUT2D eigenvalue weighted by molar-refractivity contribution is 6.30. The van der Waals surface area contributed by atoms with Gasteiger partial charge in [0.2, 0.25) is 5.75 Å². The summed E-state index contributed by atoms with van der Waals surface area (Å²) >= 11 is 6.01. The van der Waals surface area contributed by atoms with E-state index in [4.69, 9.17) is 25.8 Å². The second-order valence-electron chi connectivity index (χ2n) is 6.88. The lowest BCUT2D eigenvalue weighted by Crippen LogP contribution is -2.20. The van der Waals surface area contributed by atoms with E-state index in [0.717, 1.165) is 16.9 Å². The number of hydrogen-bond acceptors (Lipinski definition) is 5. The van der Waals surface area contributed by atoms with E-state index in [-0.39, 0.29) is 11.7 Å². The molecule has 1 heterocycles. The minimum Gasteiger partial charge on any atom is -0.493 e. The summed E-state index contributed by atoms with van der Waals surface area (Å²) in [6.07, 6.45) is 2.72. The fourth-order valence-corrected chi connectivity index (χ4v) is 3.95. The molecule has 7 heteroatoms. The molecule has 1 aromatic heterocycles. The van der Waals surface area contributed by atoms with Gasteiger partial charge in [0.1, 0.15) is 0 Å². The van der Waals surface area contributed by atoms with Crippen molar-refractivity contribution in [2.24, 2.45) is 0 Å². The lowest BCUT2D eigenvalue weighted by molar-refractivity contribution is 0.0963. The maximum Gasteiger partial charge on any atom is 0.203 e. The van der Waals surface area contributed by atoms with E-state index in [1.165, 1.54) is 0 Å². The Labute approximate surface area is 174 Å². The van der Waals surface area contributed by atoms with Gasteiger partial charge >= 0.3 is 0 Å². The van der Waals surface area contributed by atoms with Crippen molar-refractivity contribution < 1.29 is 19.0 Å². The Morgan fingerprint density at radius 1 is 1.00 bits per heavy atom. The average Bonchev–Trinajstić information content (AvgIpc) is 3.17. The molecule has 0 spiro atoms. The van der Waals surface area contributed by atoms with Gasteiger partial charge in [-0.25, -0.2) is 4.68 Å². The van der Waals surface area contributed by atoms with Crippen LogP contribution in [0.5, 0.6) is 17.2 Å². The van der Waals surface area contributed by atoms with Crippen LogP contribution in [0, 0.1) is 0 Å². The lowest BCUT2D eigenvalue weighted by atomic mass is 9.82. The molecule has 29 heavy (non-hydrogen) atoms. The molecule has 1 atom stereocenters. The molecule has 0 saturated carbocycles. The Kier molecular flexibility index (Phi) is 5.20. The number of halogens is 1. The predicted molar refractivity (Wildman–Crippen MR) is 110 cm³/mol. The summed E-state index contributed by atoms with van der Waals surface area (Å²) in [5, 5.41) is 5.11. The number of carbonyl (C=O) groups is 1. The SMILES string of the molecule is COc1cc([C@@H]2CC(=O)c3cnn(-c4ccc(Cl)cc4)c3C2)cc(OC)c1OC. The van der Waals surface area contributed by atoms with Crippen LogP contribution in [0.25, 0.3) is 5.69 Å². The Morgan fingerprint density at radius 2 is 1.66 bits per heavy atom. The quantitative estimate of drug-likeness (QED) is 0.619. The molecule has 1 aliphatic carbocycles. The van der Waals surface area contributed by atoms with Crippen LogP contribution >= 0.6 is 11.6 Å². The van der Waals surface area contributed by atoms with Gasteiger partial charge in [-0.3, -0.25) is 4.79 Å². The number of benzene rings is 2. The number of ketones is 1. The van der Waals surface area contributed by atoms with Crippen LogP contribution in [0.4, 0.5) is 0 Å². The maximum atomic E-state index is 12.8. The van der Waals surface area contributed by atoms with E-state index >= 15 is 0 Å². The van der Waals surface area contributed by atoms with Crippen LogP contribution in [-0.2, 0) is 6.42 Å². The third kappa shape index (κ3) is 3.44. The van der Waals surface area contributed by atoms with Gasteiger partial charge in [0.15, 0.2) is 17.3 Å². The number of carbonyl (C=O) groups excluding carboxylic acids is 1. The van der Waals surface area contributed by atoms with E-state index in [2.05, 4.69) is 5.10 Å². The van der Waals surface area contributed by atoms with Crippen molar-refractivity contribution in [1.82, 2.24) is 9.78 Å². The first-order chi connectivity index (χ1) is 14.0. The molecular formula is C22H21ClN2O4. The van der Waals surface area contributed by atoms with E-state index in [9.17, 15) is 4.79 Å². The Hall–Kier alpha value is -2.99. The standard InChI is InChI=1S/C22H21ClN2O4/c1-27-20-10-14(11-21(28-2)22(20)29-3)13-8-18-17(19(26)9-13)12-24-25(18)16-6-4-15(23)5-7-16/h4-7,10-13H,8-9H2,1-3H3/t13-/m0/s1. The number of rotatable bonds is 5. The van der Waals surface area contributed by atoms with Gasteiger partial charge < -0.3 is 14.2 Å². The largest absolute Gasteiger partial charge is 0.493 e. The number of aromatic nitrogens is 2. The van der Waals surface area contributed by atoms with E-state index in [0.29, 0.717) is 40.7 Å². The summed E-state index contributed by atoms with van der Waals surface area (Å²) in [6, 6.07) is 11.2. The van der Waals surface area contributed by atoms with Crippen LogP contribution in [0.3, 0.4) is 0 Å². The van der Waals surface area contributed by atoms with Gasteiger partial charge in [-0.15, -0.1) is 0 Å². The molecule has 0 amide bonds. The van der Waals surface area contributed by atoms with Gasteiger partial charge in [0.05, 0.1) is 44.5 Å². The summed E-state index contributed by atoms with van der Waals surface area (Å²) in [6.45, 7) is 0. The second-order valence-corrected chi connectivity index (χ2v) is 7.32. The highest BCUT2D eigenvalue weighted by atomic mass is 35.5. The van der Waals surface area contributed by atoms with Crippen LogP contribution in [0.2, 0.25) is 5.02 Å². The third-order valence-corrected chi connectivity index (χ3v) is 5.52. The molecule has 0 bridgehead atoms. The van der Waals surface area contributed by atoms with Gasteiger partial charge in [-0.2, -0.15) is 5.10 Å². The van der Waals surface area contributed by atoms with Crippen LogP contribution < -0.4 is 14.2 Å². The van der Waals surface area contributed by atoms with Crippen molar-refractivity contribution in [1.29, 1.82) is 0 Å². The lowest BCUT2D eigenvalue weighted by Gasteiger charge is -2.24. The molecule has 0 aliphatic heterocycles. The average molecular weight is 413 g/mol. The molecule has 2 aromatic carbocycles. The van der Waals surface area contributed by atoms with Crippen molar-refractivity contribution in [2.45, 2.75) is 18.8 Å². The van der Waals surface area contributed by atoms with Crippen molar-refractivity contribution in [3.8, 4) is 22.9 Å². The first-order valence-electron chi connectivity index (χ1n) is 9.21. The molecule has 0 saturated heterocycles. The van der Waals surface area contributed by atoms with Crippen molar-refractivity contribution in [2.75, 3.05) is 21.3 Å². The smallest absolute Gasteiger partial charge is 0.203 e. The normalized spacial score (nSPS) is 15.7. The maximum absolute atomic E-state index is 12.8. The van der Waals surface area contributed by atoms with E-state index < -0.39 is 0 Å². The molecule has 1 aliphatic rings. The highest BCUT2D eigenvalue weighted by Crippen LogP contribution is 2.43. The summed E-state index contributed by atoms with van der Waals surface area (Å²) < 4.78 is 18.2. The zero-order valence-corrected chi connectivity index (χ0v) is 17.2. The van der Waals surface area contributed by atoms with Gasteiger partial charge in [0.25, 0.3) is 0 Å². The summed E-state index contributed by atoms with van der Waals surface area (Å²) in [7, 11) is 4.74. The zero-order chi connectivity index (χ0) is 20.5. The molecule has 150 valence electrons. The number of methoxy groups -OCH3 is 3. The summed E-state index contributed by atoms with van der Waals surface area (Å²) in [5.74, 6) is 1.74. The first-order valence-corrected chi connectivity index (χ1v) is 9.59. The molecule has 6 nitrogen and oxygen atoms in total. The van der Waals surface area contributed by atoms with Gasteiger partial charge in [-0.05, 0) is 54.3 Å². The number of hydrogen-bond donors (Lipinski definition) is 0. The van der Waals surface area contributed by atoms with E-state index in [1.54, 1.807) is 27.5 Å². The number of Topliss-reactive ketones (excluding diaryl/α,β-unsaturated/α-hetero) is 1. The molecule has 3 aromatic rings. The molecule has 0 N–H and O–H groups in total. The monoisotopic (exact) mass is 412 g/mol. The minimum atomic E-state index is -0.0218. The summed E-state index contributed by atoms with van der Waals surface area (Å²) in [5.41, 5.74) is 3.39. The third-order valence-electron chi connectivity index (χ3n) is 5.27. The predicted octanol–water partition coefficient (Wildman–Crippen LogP) is 4.46. The number of ether oxygens (including phenoxy) is 3.